The number of hydrogen-bond acceptors (Lipinski definition) is 3. The Balaban J connectivity index is 1.40. The largest absolute Gasteiger partial charge is 0.489 e. The molecule has 0 radical (unpaired) electrons. The highest BCUT2D eigenvalue weighted by Crippen LogP contribution is 2.41. The topological polar surface area (TPSA) is 49.8 Å². The predicted molar refractivity (Wildman–Crippen MR) is 106 cm³/mol. The average Bonchev–Trinajstić information content (AvgIpc) is 3.52. The Kier molecular flexibility index (Phi) is 5.74. The zero-order valence-corrected chi connectivity index (χ0v) is 16.6. The number of piperidine rings is 1. The first-order chi connectivity index (χ1) is 13.9. The smallest absolute Gasteiger partial charge is 0.338 e. The first kappa shape index (κ1) is 20.1. The van der Waals surface area contributed by atoms with Gasteiger partial charge in [-0.25, -0.2) is 13.6 Å². The van der Waals surface area contributed by atoms with Crippen molar-refractivity contribution in [3.63, 3.8) is 0 Å². The highest BCUT2D eigenvalue weighted by molar-refractivity contribution is 6.32. The molecule has 1 N–H and O–H groups in total. The van der Waals surface area contributed by atoms with Crippen LogP contribution in [0.1, 0.15) is 53.1 Å². The molecule has 0 atom stereocenters. The summed E-state index contributed by atoms with van der Waals surface area (Å²) in [4.78, 5) is 13.5. The second-order valence-corrected chi connectivity index (χ2v) is 8.20. The van der Waals surface area contributed by atoms with Crippen LogP contribution in [0, 0.1) is 11.6 Å². The van der Waals surface area contributed by atoms with Crippen LogP contribution in [-0.4, -0.2) is 35.2 Å². The summed E-state index contributed by atoms with van der Waals surface area (Å²) in [5.74, 6) is -1.46. The van der Waals surface area contributed by atoms with Gasteiger partial charge in [0.2, 0.25) is 0 Å². The summed E-state index contributed by atoms with van der Waals surface area (Å²) in [5, 5.41) is 9.58. The predicted octanol–water partition coefficient (Wildman–Crippen LogP) is 5.24. The molecule has 7 heteroatoms. The number of carbonyl (C=O) groups is 1. The lowest BCUT2D eigenvalue weighted by Crippen LogP contribution is -2.38. The second kappa shape index (κ2) is 8.28. The van der Waals surface area contributed by atoms with E-state index in [-0.39, 0.29) is 16.7 Å². The van der Waals surface area contributed by atoms with E-state index >= 15 is 0 Å². The van der Waals surface area contributed by atoms with Crippen molar-refractivity contribution in [1.82, 2.24) is 4.90 Å². The highest BCUT2D eigenvalue weighted by atomic mass is 35.5. The minimum atomic E-state index is -1.23. The van der Waals surface area contributed by atoms with Crippen molar-refractivity contribution in [3.05, 3.63) is 63.7 Å². The Bertz CT molecular complexity index is 925. The number of aromatic carboxylic acids is 1. The van der Waals surface area contributed by atoms with Crippen LogP contribution in [0.5, 0.6) is 5.75 Å². The standard InChI is InChI=1S/C22H22ClF2NO3/c23-19-11-16(24)3-4-20(19)29-17-5-7-26(8-6-17)12-15-9-14(13-1-2-13)10-18(21(15)25)22(27)28/h3-4,9-11,13,17H,1-2,5-8,12H2,(H,27,28). The first-order valence-corrected chi connectivity index (χ1v) is 10.2. The molecule has 0 spiro atoms. The molecular weight excluding hydrogens is 400 g/mol. The number of ether oxygens (including phenoxy) is 1. The summed E-state index contributed by atoms with van der Waals surface area (Å²) in [7, 11) is 0. The molecule has 1 aliphatic heterocycles. The second-order valence-electron chi connectivity index (χ2n) is 7.79. The number of hydrogen-bond donors (Lipinski definition) is 1. The molecule has 1 heterocycles. The fraction of sp³-hybridized carbons (Fsp3) is 0.409. The van der Waals surface area contributed by atoms with Gasteiger partial charge in [-0.3, -0.25) is 4.90 Å². The Morgan fingerprint density at radius 2 is 1.86 bits per heavy atom. The number of carboxylic acid groups (broad SMARTS) is 1. The number of benzene rings is 2. The van der Waals surface area contributed by atoms with Crippen LogP contribution in [0.15, 0.2) is 30.3 Å². The molecule has 2 aliphatic rings. The minimum absolute atomic E-state index is 0.0496. The quantitative estimate of drug-likeness (QED) is 0.693. The molecule has 1 saturated carbocycles. The van der Waals surface area contributed by atoms with Gasteiger partial charge in [-0.1, -0.05) is 17.7 Å². The molecule has 0 aromatic heterocycles. The van der Waals surface area contributed by atoms with Crippen LogP contribution in [0.25, 0.3) is 0 Å². The van der Waals surface area contributed by atoms with Gasteiger partial charge in [-0.2, -0.15) is 0 Å². The van der Waals surface area contributed by atoms with Gasteiger partial charge in [-0.05, 0) is 61.4 Å². The molecule has 154 valence electrons. The van der Waals surface area contributed by atoms with Gasteiger partial charge in [0.15, 0.2) is 0 Å². The van der Waals surface area contributed by atoms with Crippen LogP contribution < -0.4 is 4.74 Å². The van der Waals surface area contributed by atoms with E-state index in [1.165, 1.54) is 24.3 Å². The van der Waals surface area contributed by atoms with Crippen LogP contribution in [0.2, 0.25) is 5.02 Å². The first-order valence-electron chi connectivity index (χ1n) is 9.80. The Hall–Kier alpha value is -2.18. The van der Waals surface area contributed by atoms with E-state index in [0.29, 0.717) is 36.9 Å². The zero-order valence-electron chi connectivity index (χ0n) is 15.8. The Morgan fingerprint density at radius 1 is 1.14 bits per heavy atom. The molecule has 4 rings (SSSR count). The van der Waals surface area contributed by atoms with Crippen LogP contribution in [-0.2, 0) is 6.54 Å². The van der Waals surface area contributed by atoms with Gasteiger partial charge in [0.25, 0.3) is 0 Å². The molecule has 4 nitrogen and oxygen atoms in total. The zero-order chi connectivity index (χ0) is 20.5. The number of halogens is 3. The number of rotatable bonds is 6. The maximum Gasteiger partial charge on any atom is 0.338 e. The van der Waals surface area contributed by atoms with Gasteiger partial charge < -0.3 is 9.84 Å². The van der Waals surface area contributed by atoms with Gasteiger partial charge >= 0.3 is 5.97 Å². The summed E-state index contributed by atoms with van der Waals surface area (Å²) in [6, 6.07) is 7.36. The molecule has 2 fully saturated rings. The maximum atomic E-state index is 14.7. The Labute approximate surface area is 173 Å². The summed E-state index contributed by atoms with van der Waals surface area (Å²) in [5.41, 5.74) is 1.12. The van der Waals surface area contributed by atoms with Crippen LogP contribution in [0.3, 0.4) is 0 Å². The van der Waals surface area contributed by atoms with E-state index in [9.17, 15) is 18.7 Å². The van der Waals surface area contributed by atoms with Crippen molar-refractivity contribution in [2.24, 2.45) is 0 Å². The summed E-state index contributed by atoms with van der Waals surface area (Å²) < 4.78 is 33.8. The van der Waals surface area contributed by atoms with E-state index in [1.807, 2.05) is 6.07 Å². The normalized spacial score (nSPS) is 18.0. The van der Waals surface area contributed by atoms with Crippen molar-refractivity contribution in [1.29, 1.82) is 0 Å². The van der Waals surface area contributed by atoms with E-state index in [2.05, 4.69) is 4.90 Å². The van der Waals surface area contributed by atoms with Gasteiger partial charge in [0, 0.05) is 25.2 Å². The third-order valence-corrected chi connectivity index (χ3v) is 5.86. The van der Waals surface area contributed by atoms with Crippen molar-refractivity contribution in [2.75, 3.05) is 13.1 Å². The molecule has 0 bridgehead atoms. The van der Waals surface area contributed by atoms with Crippen LogP contribution >= 0.6 is 11.6 Å². The van der Waals surface area contributed by atoms with Crippen molar-refractivity contribution >= 4 is 17.6 Å². The van der Waals surface area contributed by atoms with Crippen LogP contribution in [0.4, 0.5) is 8.78 Å². The molecule has 1 aliphatic carbocycles. The number of likely N-dealkylation sites (tertiary alicyclic amines) is 1. The summed E-state index contributed by atoms with van der Waals surface area (Å²) in [6.07, 6.45) is 3.45. The van der Waals surface area contributed by atoms with E-state index in [1.54, 1.807) is 0 Å². The lowest BCUT2D eigenvalue weighted by molar-refractivity contribution is 0.0691. The molecular formula is C22H22ClF2NO3. The molecule has 0 unspecified atom stereocenters. The Morgan fingerprint density at radius 3 is 2.48 bits per heavy atom. The number of nitrogens with zero attached hydrogens (tertiary/aromatic N) is 1. The monoisotopic (exact) mass is 421 g/mol. The van der Waals surface area contributed by atoms with Crippen molar-refractivity contribution in [2.45, 2.75) is 44.2 Å². The molecule has 2 aromatic carbocycles. The maximum absolute atomic E-state index is 14.7. The number of carboxylic acids is 1. The lowest BCUT2D eigenvalue weighted by atomic mass is 10.00. The summed E-state index contributed by atoms with van der Waals surface area (Å²) >= 11 is 6.02. The average molecular weight is 422 g/mol. The fourth-order valence-electron chi connectivity index (χ4n) is 3.81. The highest BCUT2D eigenvalue weighted by Gasteiger charge is 2.28. The molecule has 1 saturated heterocycles. The third kappa shape index (κ3) is 4.70. The summed E-state index contributed by atoms with van der Waals surface area (Å²) in [6.45, 7) is 1.76. The SMILES string of the molecule is O=C(O)c1cc(C2CC2)cc(CN2CCC(Oc3ccc(F)cc3Cl)CC2)c1F. The minimum Gasteiger partial charge on any atom is -0.489 e. The fourth-order valence-corrected chi connectivity index (χ4v) is 4.02. The van der Waals surface area contributed by atoms with E-state index in [4.69, 9.17) is 16.3 Å². The third-order valence-electron chi connectivity index (χ3n) is 5.57. The molecule has 29 heavy (non-hydrogen) atoms. The van der Waals surface area contributed by atoms with Crippen molar-refractivity contribution in [3.8, 4) is 5.75 Å². The van der Waals surface area contributed by atoms with Gasteiger partial charge in [-0.15, -0.1) is 0 Å². The van der Waals surface area contributed by atoms with Gasteiger partial charge in [0.05, 0.1) is 10.6 Å². The van der Waals surface area contributed by atoms with E-state index < -0.39 is 17.6 Å². The van der Waals surface area contributed by atoms with Gasteiger partial charge in [0.1, 0.15) is 23.5 Å². The molecule has 2 aromatic rings. The van der Waals surface area contributed by atoms with E-state index in [0.717, 1.165) is 31.2 Å². The lowest BCUT2D eigenvalue weighted by Gasteiger charge is -2.32. The molecule has 0 amide bonds. The van der Waals surface area contributed by atoms with Crippen molar-refractivity contribution < 1.29 is 23.4 Å².